The summed E-state index contributed by atoms with van der Waals surface area (Å²) in [6.45, 7) is 2.41. The molecule has 1 N–H and O–H groups in total. The molecular formula is C18H18F4N4O. The average molecular weight is 382 g/mol. The summed E-state index contributed by atoms with van der Waals surface area (Å²) in [6, 6.07) is 2.06. The van der Waals surface area contributed by atoms with Crippen LogP contribution in [0.15, 0.2) is 24.4 Å². The summed E-state index contributed by atoms with van der Waals surface area (Å²) in [4.78, 5) is 22.4. The van der Waals surface area contributed by atoms with Crippen molar-refractivity contribution in [1.82, 2.24) is 14.9 Å². The van der Waals surface area contributed by atoms with Gasteiger partial charge >= 0.3 is 6.18 Å². The lowest BCUT2D eigenvalue weighted by molar-refractivity contribution is -0.137. The van der Waals surface area contributed by atoms with Crippen LogP contribution in [0.25, 0.3) is 11.1 Å². The zero-order valence-corrected chi connectivity index (χ0v) is 14.8. The summed E-state index contributed by atoms with van der Waals surface area (Å²) in [6.07, 6.45) is -1.65. The van der Waals surface area contributed by atoms with E-state index in [1.54, 1.807) is 6.92 Å². The maximum atomic E-state index is 14.2. The van der Waals surface area contributed by atoms with Gasteiger partial charge < -0.3 is 0 Å². The second kappa shape index (κ2) is 7.22. The first-order chi connectivity index (χ1) is 12.7. The molecule has 3 rings (SSSR count). The average Bonchev–Trinajstić information content (AvgIpc) is 3.01. The minimum atomic E-state index is -4.62. The monoisotopic (exact) mass is 382 g/mol. The van der Waals surface area contributed by atoms with Crippen LogP contribution in [0.1, 0.15) is 24.1 Å². The molecule has 1 saturated heterocycles. The Kier molecular flexibility index (Phi) is 5.14. The van der Waals surface area contributed by atoms with Crippen molar-refractivity contribution in [3.8, 4) is 11.1 Å². The van der Waals surface area contributed by atoms with E-state index in [2.05, 4.69) is 15.3 Å². The Morgan fingerprint density at radius 3 is 2.59 bits per heavy atom. The summed E-state index contributed by atoms with van der Waals surface area (Å²) in [5, 5.41) is 2.63. The van der Waals surface area contributed by atoms with Crippen molar-refractivity contribution < 1.29 is 22.4 Å². The minimum Gasteiger partial charge on any atom is -0.295 e. The number of likely N-dealkylation sites (tertiary alicyclic amines) is 1. The van der Waals surface area contributed by atoms with Crippen LogP contribution in [0.4, 0.5) is 23.5 Å². The zero-order chi connectivity index (χ0) is 19.8. The molecule has 0 spiro atoms. The molecule has 1 aromatic heterocycles. The van der Waals surface area contributed by atoms with E-state index in [1.165, 1.54) is 6.20 Å². The highest BCUT2D eigenvalue weighted by molar-refractivity contribution is 5.93. The topological polar surface area (TPSA) is 58.1 Å². The van der Waals surface area contributed by atoms with E-state index in [9.17, 15) is 22.4 Å². The van der Waals surface area contributed by atoms with Crippen molar-refractivity contribution in [3.63, 3.8) is 0 Å². The summed E-state index contributed by atoms with van der Waals surface area (Å²) in [5.41, 5.74) is -0.489. The number of aromatic nitrogens is 2. The van der Waals surface area contributed by atoms with Gasteiger partial charge in [0.05, 0.1) is 17.3 Å². The molecule has 0 bridgehead atoms. The lowest BCUT2D eigenvalue weighted by atomic mass is 10.0. The maximum Gasteiger partial charge on any atom is 0.416 e. The van der Waals surface area contributed by atoms with Crippen LogP contribution in [0.3, 0.4) is 0 Å². The van der Waals surface area contributed by atoms with Crippen LogP contribution in [-0.2, 0) is 11.0 Å². The molecule has 0 aliphatic carbocycles. The van der Waals surface area contributed by atoms with Crippen LogP contribution < -0.4 is 5.32 Å². The fourth-order valence-electron chi connectivity index (χ4n) is 3.14. The van der Waals surface area contributed by atoms with Crippen molar-refractivity contribution in [3.05, 3.63) is 41.5 Å². The number of carbonyl (C=O) groups is 1. The number of alkyl halides is 3. The van der Waals surface area contributed by atoms with E-state index in [-0.39, 0.29) is 29.0 Å². The molecule has 1 aromatic carbocycles. The number of aryl methyl sites for hydroxylation is 1. The molecule has 5 nitrogen and oxygen atoms in total. The van der Waals surface area contributed by atoms with Crippen molar-refractivity contribution in [1.29, 1.82) is 0 Å². The normalized spacial score (nSPS) is 17.9. The van der Waals surface area contributed by atoms with Gasteiger partial charge in [0.15, 0.2) is 0 Å². The van der Waals surface area contributed by atoms with Gasteiger partial charge in [-0.05, 0) is 45.5 Å². The predicted molar refractivity (Wildman–Crippen MR) is 91.4 cm³/mol. The van der Waals surface area contributed by atoms with Gasteiger partial charge in [-0.3, -0.25) is 15.0 Å². The van der Waals surface area contributed by atoms with Gasteiger partial charge in [0.2, 0.25) is 11.9 Å². The van der Waals surface area contributed by atoms with Crippen LogP contribution in [0, 0.1) is 12.7 Å². The van der Waals surface area contributed by atoms with Gasteiger partial charge in [-0.2, -0.15) is 13.2 Å². The number of halogens is 4. The van der Waals surface area contributed by atoms with Gasteiger partial charge in [0.25, 0.3) is 0 Å². The number of anilines is 1. The highest BCUT2D eigenvalue weighted by Gasteiger charge is 2.31. The second-order valence-electron chi connectivity index (χ2n) is 6.51. The fraction of sp³-hybridized carbons (Fsp3) is 0.389. The number of carbonyl (C=O) groups excluding carboxylic acids is 1. The van der Waals surface area contributed by atoms with Gasteiger partial charge in [0.1, 0.15) is 5.82 Å². The number of nitrogens with zero attached hydrogens (tertiary/aromatic N) is 3. The molecule has 2 heterocycles. The molecule has 0 radical (unpaired) electrons. The molecule has 27 heavy (non-hydrogen) atoms. The second-order valence-corrected chi connectivity index (χ2v) is 6.51. The number of amides is 1. The first-order valence-corrected chi connectivity index (χ1v) is 8.38. The van der Waals surface area contributed by atoms with Gasteiger partial charge in [-0.15, -0.1) is 0 Å². The fourth-order valence-corrected chi connectivity index (χ4v) is 3.14. The first-order valence-electron chi connectivity index (χ1n) is 8.38. The third-order valence-electron chi connectivity index (χ3n) is 4.62. The van der Waals surface area contributed by atoms with Gasteiger partial charge in [-0.25, -0.2) is 14.4 Å². The quantitative estimate of drug-likeness (QED) is 0.824. The van der Waals surface area contributed by atoms with Gasteiger partial charge in [-0.1, -0.05) is 6.07 Å². The summed E-state index contributed by atoms with van der Waals surface area (Å²) in [7, 11) is 1.86. The van der Waals surface area contributed by atoms with E-state index >= 15 is 0 Å². The van der Waals surface area contributed by atoms with Crippen LogP contribution >= 0.6 is 0 Å². The lowest BCUT2D eigenvalue weighted by Crippen LogP contribution is -2.37. The Hall–Kier alpha value is -2.55. The van der Waals surface area contributed by atoms with E-state index < -0.39 is 17.6 Å². The molecule has 1 aliphatic rings. The molecule has 144 valence electrons. The van der Waals surface area contributed by atoms with E-state index in [0.29, 0.717) is 11.8 Å². The molecule has 0 saturated carbocycles. The van der Waals surface area contributed by atoms with Crippen molar-refractivity contribution in [2.45, 2.75) is 32.0 Å². The summed E-state index contributed by atoms with van der Waals surface area (Å²) < 4.78 is 52.2. The van der Waals surface area contributed by atoms with E-state index in [0.717, 1.165) is 31.5 Å². The van der Waals surface area contributed by atoms with E-state index in [1.807, 2.05) is 11.9 Å². The highest BCUT2D eigenvalue weighted by Crippen LogP contribution is 2.33. The predicted octanol–water partition coefficient (Wildman–Crippen LogP) is 3.64. The zero-order valence-electron chi connectivity index (χ0n) is 14.8. The molecule has 1 amide bonds. The minimum absolute atomic E-state index is 0.0334. The highest BCUT2D eigenvalue weighted by atomic mass is 19.4. The number of nitrogens with one attached hydrogen (secondary N) is 1. The lowest BCUT2D eigenvalue weighted by Gasteiger charge is -2.18. The molecule has 1 atom stereocenters. The molecule has 1 unspecified atom stereocenters. The molecule has 1 aliphatic heterocycles. The molecular weight excluding hydrogens is 364 g/mol. The van der Waals surface area contributed by atoms with E-state index in [4.69, 9.17) is 0 Å². The largest absolute Gasteiger partial charge is 0.416 e. The summed E-state index contributed by atoms with van der Waals surface area (Å²) >= 11 is 0. The van der Waals surface area contributed by atoms with Crippen LogP contribution in [-0.4, -0.2) is 40.4 Å². The van der Waals surface area contributed by atoms with Crippen LogP contribution in [0.5, 0.6) is 0 Å². The van der Waals surface area contributed by atoms with Crippen LogP contribution in [0.2, 0.25) is 0 Å². The Labute approximate surface area is 153 Å². The third kappa shape index (κ3) is 4.08. The standard InChI is InChI=1S/C18H18F4N4O/c1-10-13(12-6-5-11(8-14(12)19)18(20,21)22)9-23-17(24-10)25-16(27)15-4-3-7-26(15)2/h5-6,8-9,15H,3-4,7H2,1-2H3,(H,23,24,25,27). The molecule has 2 aromatic rings. The Bertz CT molecular complexity index is 869. The number of hydrogen-bond acceptors (Lipinski definition) is 4. The third-order valence-corrected chi connectivity index (χ3v) is 4.62. The summed E-state index contributed by atoms with van der Waals surface area (Å²) in [5.74, 6) is -1.15. The smallest absolute Gasteiger partial charge is 0.295 e. The van der Waals surface area contributed by atoms with Crippen molar-refractivity contribution >= 4 is 11.9 Å². The van der Waals surface area contributed by atoms with Crippen molar-refractivity contribution in [2.24, 2.45) is 0 Å². The molecule has 1 fully saturated rings. The maximum absolute atomic E-state index is 14.2. The number of hydrogen-bond donors (Lipinski definition) is 1. The van der Waals surface area contributed by atoms with Crippen molar-refractivity contribution in [2.75, 3.05) is 18.9 Å². The number of likely N-dealkylation sites (N-methyl/N-ethyl adjacent to an activating group) is 1. The number of rotatable bonds is 3. The Balaban J connectivity index is 1.82. The Morgan fingerprint density at radius 1 is 1.30 bits per heavy atom. The number of benzene rings is 1. The Morgan fingerprint density at radius 2 is 2.04 bits per heavy atom. The van der Waals surface area contributed by atoms with Gasteiger partial charge in [0, 0.05) is 17.3 Å². The molecule has 9 heteroatoms. The first kappa shape index (κ1) is 19.2. The SMILES string of the molecule is Cc1nc(NC(=O)C2CCCN2C)ncc1-c1ccc(C(F)(F)F)cc1F.